The summed E-state index contributed by atoms with van der Waals surface area (Å²) in [6.07, 6.45) is 4.23. The van der Waals surface area contributed by atoms with Gasteiger partial charge in [-0.3, -0.25) is 0 Å². The van der Waals surface area contributed by atoms with E-state index in [-0.39, 0.29) is 0 Å². The molecular weight excluding hydrogens is 192 g/mol. The molecule has 0 bridgehead atoms. The molecule has 1 N–H and O–H groups in total. The molecule has 0 saturated heterocycles. The number of hydrogen-bond donors (Lipinski definition) is 1. The highest BCUT2D eigenvalue weighted by molar-refractivity contribution is 5.05. The first-order valence-corrected chi connectivity index (χ1v) is 4.93. The summed E-state index contributed by atoms with van der Waals surface area (Å²) in [6.45, 7) is 1.70. The Kier molecular flexibility index (Phi) is 3.14. The van der Waals surface area contributed by atoms with Gasteiger partial charge < -0.3 is 14.4 Å². The smallest absolute Gasteiger partial charge is 0.227 e. The molecule has 0 saturated carbocycles. The molecule has 5 nitrogen and oxygen atoms in total. The molecule has 2 aromatic heterocycles. The van der Waals surface area contributed by atoms with E-state index in [0.717, 1.165) is 19.5 Å². The summed E-state index contributed by atoms with van der Waals surface area (Å²) in [4.78, 5) is 3.95. The normalized spacial score (nSPS) is 10.7. The van der Waals surface area contributed by atoms with Crippen LogP contribution in [-0.2, 0) is 20.0 Å². The van der Waals surface area contributed by atoms with Gasteiger partial charge in [-0.05, 0) is 12.1 Å². The minimum absolute atomic E-state index is 0.675. The maximum atomic E-state index is 4.89. The number of nitrogens with one attached hydrogen (secondary N) is 1. The van der Waals surface area contributed by atoms with E-state index in [4.69, 9.17) is 4.52 Å². The zero-order valence-corrected chi connectivity index (χ0v) is 8.68. The van der Waals surface area contributed by atoms with Crippen molar-refractivity contribution in [2.24, 2.45) is 7.05 Å². The fraction of sp³-hybridized carbons (Fsp3) is 0.400. The summed E-state index contributed by atoms with van der Waals surface area (Å²) >= 11 is 0. The van der Waals surface area contributed by atoms with Crippen LogP contribution < -0.4 is 5.32 Å². The lowest BCUT2D eigenvalue weighted by atomic mass is 10.4. The molecule has 0 aliphatic rings. The predicted molar refractivity (Wildman–Crippen MR) is 55.1 cm³/mol. The van der Waals surface area contributed by atoms with Crippen LogP contribution in [0.5, 0.6) is 0 Å². The van der Waals surface area contributed by atoms with Crippen LogP contribution in [0.3, 0.4) is 0 Å². The Balaban J connectivity index is 1.70. The number of aromatic nitrogens is 3. The maximum absolute atomic E-state index is 4.89. The monoisotopic (exact) mass is 206 g/mol. The van der Waals surface area contributed by atoms with Crippen LogP contribution in [0.25, 0.3) is 0 Å². The molecule has 0 aromatic carbocycles. The average Bonchev–Trinajstić information content (AvgIpc) is 2.85. The predicted octanol–water partition coefficient (Wildman–Crippen LogP) is 0.740. The Morgan fingerprint density at radius 2 is 2.47 bits per heavy atom. The lowest BCUT2D eigenvalue weighted by molar-refractivity contribution is 0.374. The van der Waals surface area contributed by atoms with Crippen molar-refractivity contribution in [3.05, 3.63) is 36.2 Å². The SMILES string of the molecule is Cn1cccc1CNCCc1ncno1. The number of nitrogens with zero attached hydrogens (tertiary/aromatic N) is 3. The van der Waals surface area contributed by atoms with Crippen molar-refractivity contribution in [2.45, 2.75) is 13.0 Å². The van der Waals surface area contributed by atoms with Crippen LogP contribution in [-0.4, -0.2) is 21.3 Å². The summed E-state index contributed by atoms with van der Waals surface area (Å²) in [7, 11) is 2.04. The van der Waals surface area contributed by atoms with E-state index in [9.17, 15) is 0 Å². The average molecular weight is 206 g/mol. The zero-order valence-electron chi connectivity index (χ0n) is 8.68. The van der Waals surface area contributed by atoms with E-state index < -0.39 is 0 Å². The molecule has 0 unspecified atom stereocenters. The van der Waals surface area contributed by atoms with Gasteiger partial charge in [-0.25, -0.2) is 0 Å². The van der Waals surface area contributed by atoms with Crippen molar-refractivity contribution >= 4 is 0 Å². The lowest BCUT2D eigenvalue weighted by Crippen LogP contribution is -2.18. The van der Waals surface area contributed by atoms with Gasteiger partial charge in [-0.1, -0.05) is 5.16 Å². The molecule has 2 aromatic rings. The third-order valence-corrected chi connectivity index (χ3v) is 2.28. The highest BCUT2D eigenvalue weighted by Gasteiger charge is 1.99. The summed E-state index contributed by atoms with van der Waals surface area (Å²) in [6, 6.07) is 4.13. The van der Waals surface area contributed by atoms with Crippen molar-refractivity contribution in [1.82, 2.24) is 20.0 Å². The number of hydrogen-bond acceptors (Lipinski definition) is 4. The molecule has 0 spiro atoms. The quantitative estimate of drug-likeness (QED) is 0.733. The molecule has 0 atom stereocenters. The third-order valence-electron chi connectivity index (χ3n) is 2.28. The van der Waals surface area contributed by atoms with Crippen LogP contribution in [0.4, 0.5) is 0 Å². The first-order chi connectivity index (χ1) is 7.36. The molecule has 15 heavy (non-hydrogen) atoms. The standard InChI is InChI=1S/C10H14N4O/c1-14-6-2-3-9(14)7-11-5-4-10-12-8-13-15-10/h2-3,6,8,11H,4-5,7H2,1H3. The van der Waals surface area contributed by atoms with Gasteiger partial charge in [0.2, 0.25) is 5.89 Å². The summed E-state index contributed by atoms with van der Waals surface area (Å²) in [5.74, 6) is 0.675. The largest absolute Gasteiger partial charge is 0.353 e. The highest BCUT2D eigenvalue weighted by atomic mass is 16.5. The van der Waals surface area contributed by atoms with E-state index >= 15 is 0 Å². The Morgan fingerprint density at radius 3 is 3.13 bits per heavy atom. The Morgan fingerprint density at radius 1 is 1.53 bits per heavy atom. The first-order valence-electron chi connectivity index (χ1n) is 4.93. The first kappa shape index (κ1) is 9.92. The Bertz CT molecular complexity index is 393. The summed E-state index contributed by atoms with van der Waals surface area (Å²) < 4.78 is 6.99. The maximum Gasteiger partial charge on any atom is 0.227 e. The second-order valence-corrected chi connectivity index (χ2v) is 3.37. The van der Waals surface area contributed by atoms with Crippen molar-refractivity contribution in [2.75, 3.05) is 6.54 Å². The lowest BCUT2D eigenvalue weighted by Gasteiger charge is -2.04. The molecular formula is C10H14N4O. The molecule has 0 radical (unpaired) electrons. The zero-order chi connectivity index (χ0) is 10.5. The van der Waals surface area contributed by atoms with Gasteiger partial charge in [0.15, 0.2) is 6.33 Å². The highest BCUT2D eigenvalue weighted by Crippen LogP contribution is 1.98. The topological polar surface area (TPSA) is 55.9 Å². The van der Waals surface area contributed by atoms with Gasteiger partial charge in [0, 0.05) is 38.4 Å². The number of rotatable bonds is 5. The Labute approximate surface area is 88.1 Å². The molecule has 0 amide bonds. The minimum atomic E-state index is 0.675. The molecule has 5 heteroatoms. The van der Waals surface area contributed by atoms with Crippen LogP contribution in [0.1, 0.15) is 11.6 Å². The van der Waals surface area contributed by atoms with Crippen molar-refractivity contribution < 1.29 is 4.52 Å². The third kappa shape index (κ3) is 2.66. The van der Waals surface area contributed by atoms with Crippen LogP contribution in [0, 0.1) is 0 Å². The molecule has 0 aliphatic carbocycles. The van der Waals surface area contributed by atoms with Crippen LogP contribution in [0.2, 0.25) is 0 Å². The van der Waals surface area contributed by atoms with E-state index in [1.165, 1.54) is 12.0 Å². The molecule has 0 aliphatic heterocycles. The number of aryl methyl sites for hydroxylation is 1. The Hall–Kier alpha value is -1.62. The van der Waals surface area contributed by atoms with E-state index in [2.05, 4.69) is 26.1 Å². The van der Waals surface area contributed by atoms with Crippen LogP contribution >= 0.6 is 0 Å². The van der Waals surface area contributed by atoms with E-state index in [1.807, 2.05) is 19.3 Å². The second-order valence-electron chi connectivity index (χ2n) is 3.37. The fourth-order valence-corrected chi connectivity index (χ4v) is 1.40. The van der Waals surface area contributed by atoms with Gasteiger partial charge in [0.1, 0.15) is 0 Å². The van der Waals surface area contributed by atoms with Crippen LogP contribution in [0.15, 0.2) is 29.2 Å². The van der Waals surface area contributed by atoms with Gasteiger partial charge >= 0.3 is 0 Å². The van der Waals surface area contributed by atoms with Crippen molar-refractivity contribution in [3.63, 3.8) is 0 Å². The van der Waals surface area contributed by atoms with Gasteiger partial charge in [-0.15, -0.1) is 0 Å². The van der Waals surface area contributed by atoms with Crippen molar-refractivity contribution in [3.8, 4) is 0 Å². The summed E-state index contributed by atoms with van der Waals surface area (Å²) in [5.41, 5.74) is 1.26. The van der Waals surface area contributed by atoms with Gasteiger partial charge in [-0.2, -0.15) is 4.98 Å². The molecule has 0 fully saturated rings. The fourth-order valence-electron chi connectivity index (χ4n) is 1.40. The van der Waals surface area contributed by atoms with Gasteiger partial charge in [0.25, 0.3) is 0 Å². The van der Waals surface area contributed by atoms with Crippen molar-refractivity contribution in [1.29, 1.82) is 0 Å². The summed E-state index contributed by atoms with van der Waals surface area (Å²) in [5, 5.41) is 6.87. The van der Waals surface area contributed by atoms with Gasteiger partial charge in [0.05, 0.1) is 0 Å². The molecule has 2 heterocycles. The van der Waals surface area contributed by atoms with E-state index in [0.29, 0.717) is 5.89 Å². The second kappa shape index (κ2) is 4.75. The molecule has 2 rings (SSSR count). The molecule has 80 valence electrons. The minimum Gasteiger partial charge on any atom is -0.353 e. The van der Waals surface area contributed by atoms with E-state index in [1.54, 1.807) is 0 Å².